The quantitative estimate of drug-likeness (QED) is 0.670. The summed E-state index contributed by atoms with van der Waals surface area (Å²) in [5, 5.41) is 7.89. The number of nitrogens with zero attached hydrogens (tertiary/aromatic N) is 4. The van der Waals surface area contributed by atoms with E-state index >= 15 is 0 Å². The lowest BCUT2D eigenvalue weighted by molar-refractivity contribution is 0.208. The lowest BCUT2D eigenvalue weighted by Gasteiger charge is -2.14. The zero-order chi connectivity index (χ0) is 11.0. The maximum absolute atomic E-state index is 12.1. The summed E-state index contributed by atoms with van der Waals surface area (Å²) >= 11 is 0. The Morgan fingerprint density at radius 2 is 1.94 bits per heavy atom. The summed E-state index contributed by atoms with van der Waals surface area (Å²) in [4.78, 5) is 13.9. The maximum atomic E-state index is 12.1. The summed E-state index contributed by atoms with van der Waals surface area (Å²) < 4.78 is 1.39. The van der Waals surface area contributed by atoms with E-state index in [0.717, 1.165) is 37.0 Å². The van der Waals surface area contributed by atoms with Gasteiger partial charge in [0.1, 0.15) is 5.52 Å². The van der Waals surface area contributed by atoms with Crippen molar-refractivity contribution < 1.29 is 4.79 Å². The fourth-order valence-electron chi connectivity index (χ4n) is 2.05. The molecule has 0 radical (unpaired) electrons. The monoisotopic (exact) mass is 216 g/mol. The third-order valence-corrected chi connectivity index (χ3v) is 2.91. The number of para-hydroxylation sites is 1. The summed E-state index contributed by atoms with van der Waals surface area (Å²) in [5.41, 5.74) is 1.54. The van der Waals surface area contributed by atoms with Crippen molar-refractivity contribution in [2.75, 3.05) is 13.1 Å². The molecule has 1 aliphatic rings. The van der Waals surface area contributed by atoms with E-state index in [2.05, 4.69) is 10.3 Å². The molecule has 1 amide bonds. The van der Waals surface area contributed by atoms with E-state index in [0.29, 0.717) is 0 Å². The highest BCUT2D eigenvalue weighted by molar-refractivity contribution is 5.87. The first-order chi connectivity index (χ1) is 7.86. The fourth-order valence-corrected chi connectivity index (χ4v) is 2.05. The molecule has 0 atom stereocenters. The van der Waals surface area contributed by atoms with Gasteiger partial charge in [-0.1, -0.05) is 17.3 Å². The topological polar surface area (TPSA) is 51.0 Å². The van der Waals surface area contributed by atoms with E-state index in [9.17, 15) is 4.79 Å². The predicted octanol–water partition coefficient (Wildman–Crippen LogP) is 1.50. The molecule has 0 aliphatic carbocycles. The van der Waals surface area contributed by atoms with Crippen molar-refractivity contribution in [2.24, 2.45) is 0 Å². The molecule has 0 bridgehead atoms. The molecule has 1 aromatic carbocycles. The van der Waals surface area contributed by atoms with Gasteiger partial charge in [0.25, 0.3) is 0 Å². The largest absolute Gasteiger partial charge is 0.346 e. The molecule has 2 aromatic rings. The van der Waals surface area contributed by atoms with Gasteiger partial charge in [-0.3, -0.25) is 0 Å². The molecule has 1 aromatic heterocycles. The third-order valence-electron chi connectivity index (χ3n) is 2.91. The average Bonchev–Trinajstić information content (AvgIpc) is 2.98. The molecule has 0 spiro atoms. The van der Waals surface area contributed by atoms with Crippen LogP contribution in [-0.4, -0.2) is 39.0 Å². The van der Waals surface area contributed by atoms with Crippen molar-refractivity contribution in [3.8, 4) is 0 Å². The van der Waals surface area contributed by atoms with Gasteiger partial charge in [0.2, 0.25) is 0 Å². The molecule has 3 rings (SSSR count). The molecule has 1 saturated heterocycles. The SMILES string of the molecule is O=C(N1CCCC1)n1nnc2ccccc21. The van der Waals surface area contributed by atoms with Crippen LogP contribution >= 0.6 is 0 Å². The molecule has 2 heterocycles. The normalized spacial score (nSPS) is 15.9. The van der Waals surface area contributed by atoms with Crippen molar-refractivity contribution in [1.82, 2.24) is 19.9 Å². The van der Waals surface area contributed by atoms with E-state index in [1.54, 1.807) is 0 Å². The smallest absolute Gasteiger partial charge is 0.323 e. The minimum Gasteiger partial charge on any atom is -0.323 e. The molecule has 16 heavy (non-hydrogen) atoms. The second kappa shape index (κ2) is 3.59. The van der Waals surface area contributed by atoms with Crippen LogP contribution < -0.4 is 0 Å². The zero-order valence-electron chi connectivity index (χ0n) is 8.83. The van der Waals surface area contributed by atoms with Crippen molar-refractivity contribution in [1.29, 1.82) is 0 Å². The Morgan fingerprint density at radius 3 is 2.75 bits per heavy atom. The molecule has 1 fully saturated rings. The van der Waals surface area contributed by atoms with E-state index in [4.69, 9.17) is 0 Å². The highest BCUT2D eigenvalue weighted by Gasteiger charge is 2.21. The lowest BCUT2D eigenvalue weighted by atomic mass is 10.3. The predicted molar refractivity (Wildman–Crippen MR) is 59.1 cm³/mol. The molecule has 1 aliphatic heterocycles. The van der Waals surface area contributed by atoms with Crippen LogP contribution in [0.3, 0.4) is 0 Å². The van der Waals surface area contributed by atoms with Gasteiger partial charge in [-0.05, 0) is 25.0 Å². The van der Waals surface area contributed by atoms with E-state index in [1.807, 2.05) is 29.2 Å². The summed E-state index contributed by atoms with van der Waals surface area (Å²) in [7, 11) is 0. The second-order valence-electron chi connectivity index (χ2n) is 3.97. The first-order valence-electron chi connectivity index (χ1n) is 5.46. The highest BCUT2D eigenvalue weighted by Crippen LogP contribution is 2.14. The Kier molecular flexibility index (Phi) is 2.09. The van der Waals surface area contributed by atoms with E-state index < -0.39 is 0 Å². The third kappa shape index (κ3) is 1.36. The first kappa shape index (κ1) is 9.33. The molecular formula is C11H12N4O. The van der Waals surface area contributed by atoms with Crippen molar-refractivity contribution in [3.05, 3.63) is 24.3 Å². The van der Waals surface area contributed by atoms with Crippen LogP contribution in [0, 0.1) is 0 Å². The van der Waals surface area contributed by atoms with Gasteiger partial charge in [-0.15, -0.1) is 5.10 Å². The number of rotatable bonds is 0. The Hall–Kier alpha value is -1.91. The summed E-state index contributed by atoms with van der Waals surface area (Å²) in [5.74, 6) is 0. The average molecular weight is 216 g/mol. The molecule has 5 heteroatoms. The maximum Gasteiger partial charge on any atom is 0.346 e. The van der Waals surface area contributed by atoms with Crippen LogP contribution in [0.25, 0.3) is 11.0 Å². The first-order valence-corrected chi connectivity index (χ1v) is 5.46. The summed E-state index contributed by atoms with van der Waals surface area (Å²) in [6.07, 6.45) is 2.16. The molecule has 0 unspecified atom stereocenters. The minimum atomic E-state index is -0.0637. The van der Waals surface area contributed by atoms with Gasteiger partial charge in [0.05, 0.1) is 5.52 Å². The van der Waals surface area contributed by atoms with Crippen LogP contribution in [-0.2, 0) is 0 Å². The second-order valence-corrected chi connectivity index (χ2v) is 3.97. The van der Waals surface area contributed by atoms with Crippen LogP contribution in [0.15, 0.2) is 24.3 Å². The summed E-state index contributed by atoms with van der Waals surface area (Å²) in [6, 6.07) is 7.44. The zero-order valence-corrected chi connectivity index (χ0v) is 8.83. The molecule has 5 nitrogen and oxygen atoms in total. The number of amides is 1. The Balaban J connectivity index is 2.02. The number of hydrogen-bond acceptors (Lipinski definition) is 3. The van der Waals surface area contributed by atoms with Gasteiger partial charge < -0.3 is 4.90 Å². The number of aromatic nitrogens is 3. The minimum absolute atomic E-state index is 0.0637. The number of fused-ring (bicyclic) bond motifs is 1. The van der Waals surface area contributed by atoms with Crippen molar-refractivity contribution in [3.63, 3.8) is 0 Å². The van der Waals surface area contributed by atoms with E-state index in [1.165, 1.54) is 4.68 Å². The number of hydrogen-bond donors (Lipinski definition) is 0. The van der Waals surface area contributed by atoms with Crippen molar-refractivity contribution >= 4 is 17.1 Å². The number of carbonyl (C=O) groups excluding carboxylic acids is 1. The van der Waals surface area contributed by atoms with Crippen LogP contribution in [0.5, 0.6) is 0 Å². The highest BCUT2D eigenvalue weighted by atomic mass is 16.2. The standard InChI is InChI=1S/C11H12N4O/c16-11(14-7-3-4-8-14)15-10-6-2-1-5-9(10)12-13-15/h1-2,5-6H,3-4,7-8H2. The molecule has 82 valence electrons. The Morgan fingerprint density at radius 1 is 1.19 bits per heavy atom. The van der Waals surface area contributed by atoms with Gasteiger partial charge in [0.15, 0.2) is 0 Å². The van der Waals surface area contributed by atoms with E-state index in [-0.39, 0.29) is 6.03 Å². The number of likely N-dealkylation sites (tertiary alicyclic amines) is 1. The van der Waals surface area contributed by atoms with Gasteiger partial charge in [-0.2, -0.15) is 4.68 Å². The van der Waals surface area contributed by atoms with Crippen LogP contribution in [0.4, 0.5) is 4.79 Å². The molecule has 0 saturated carbocycles. The van der Waals surface area contributed by atoms with Gasteiger partial charge in [0, 0.05) is 13.1 Å². The Labute approximate surface area is 92.6 Å². The molecular weight excluding hydrogens is 204 g/mol. The number of benzene rings is 1. The van der Waals surface area contributed by atoms with Crippen LogP contribution in [0.2, 0.25) is 0 Å². The molecule has 0 N–H and O–H groups in total. The van der Waals surface area contributed by atoms with Gasteiger partial charge in [-0.25, -0.2) is 4.79 Å². The summed E-state index contributed by atoms with van der Waals surface area (Å²) in [6.45, 7) is 1.65. The Bertz CT molecular complexity index is 528. The fraction of sp³-hybridized carbons (Fsp3) is 0.364. The van der Waals surface area contributed by atoms with Gasteiger partial charge >= 0.3 is 6.03 Å². The lowest BCUT2D eigenvalue weighted by Crippen LogP contribution is -2.32. The van der Waals surface area contributed by atoms with Crippen molar-refractivity contribution in [2.45, 2.75) is 12.8 Å². The number of carbonyl (C=O) groups is 1. The van der Waals surface area contributed by atoms with Crippen LogP contribution in [0.1, 0.15) is 12.8 Å².